The number of amides is 1. The molecule has 29 heavy (non-hydrogen) atoms. The lowest BCUT2D eigenvalue weighted by atomic mass is 9.99. The van der Waals surface area contributed by atoms with Crippen LogP contribution in [0.3, 0.4) is 0 Å². The van der Waals surface area contributed by atoms with Gasteiger partial charge in [-0.3, -0.25) is 14.5 Å². The highest BCUT2D eigenvalue weighted by molar-refractivity contribution is 9.10. The average Bonchev–Trinajstić information content (AvgIpc) is 3.25. The van der Waals surface area contributed by atoms with E-state index in [0.717, 1.165) is 15.7 Å². The maximum absolute atomic E-state index is 13.4. The molecule has 0 radical (unpaired) electrons. The van der Waals surface area contributed by atoms with Gasteiger partial charge in [0, 0.05) is 14.9 Å². The molecule has 1 atom stereocenters. The number of carbonyl (C=O) groups is 1. The molecule has 0 bridgehead atoms. The van der Waals surface area contributed by atoms with Crippen LogP contribution in [0.2, 0.25) is 5.02 Å². The summed E-state index contributed by atoms with van der Waals surface area (Å²) in [6.07, 6.45) is 0. The second-order valence-corrected chi connectivity index (χ2v) is 8.90. The van der Waals surface area contributed by atoms with Gasteiger partial charge in [0.2, 0.25) is 5.76 Å². The normalized spacial score (nSPS) is 15.9. The summed E-state index contributed by atoms with van der Waals surface area (Å²) < 4.78 is 6.81. The van der Waals surface area contributed by atoms with Gasteiger partial charge in [-0.1, -0.05) is 39.7 Å². The van der Waals surface area contributed by atoms with Crippen molar-refractivity contribution in [1.82, 2.24) is 4.98 Å². The number of fused-ring (bicyclic) bond motifs is 2. The van der Waals surface area contributed by atoms with Crippen LogP contribution >= 0.6 is 38.9 Å². The number of halogens is 2. The average molecular weight is 488 g/mol. The first-order valence-corrected chi connectivity index (χ1v) is 10.8. The number of nitrogens with zero attached hydrogens (tertiary/aromatic N) is 2. The van der Waals surface area contributed by atoms with Crippen LogP contribution in [0.1, 0.15) is 33.4 Å². The number of anilines is 1. The zero-order valence-electron chi connectivity index (χ0n) is 15.0. The Morgan fingerprint density at radius 3 is 2.62 bits per heavy atom. The van der Waals surface area contributed by atoms with E-state index in [4.69, 9.17) is 16.0 Å². The third kappa shape index (κ3) is 2.92. The molecule has 5 nitrogen and oxygen atoms in total. The van der Waals surface area contributed by atoms with E-state index in [1.54, 1.807) is 18.2 Å². The lowest BCUT2D eigenvalue weighted by molar-refractivity contribution is 0.0971. The van der Waals surface area contributed by atoms with Crippen molar-refractivity contribution in [2.24, 2.45) is 0 Å². The topological polar surface area (TPSA) is 63.4 Å². The van der Waals surface area contributed by atoms with Crippen LogP contribution in [0.5, 0.6) is 0 Å². The maximum Gasteiger partial charge on any atom is 0.297 e. The molecule has 8 heteroatoms. The first-order chi connectivity index (χ1) is 13.9. The molecule has 0 saturated heterocycles. The number of carbonyl (C=O) groups excluding carboxylic acids is 1. The van der Waals surface area contributed by atoms with Gasteiger partial charge in [0.15, 0.2) is 10.6 Å². The van der Waals surface area contributed by atoms with Crippen molar-refractivity contribution in [3.63, 3.8) is 0 Å². The van der Waals surface area contributed by atoms with Crippen molar-refractivity contribution in [2.75, 3.05) is 4.90 Å². The van der Waals surface area contributed by atoms with Crippen molar-refractivity contribution in [2.45, 2.75) is 13.0 Å². The Morgan fingerprint density at radius 1 is 1.17 bits per heavy atom. The molecule has 0 fully saturated rings. The van der Waals surface area contributed by atoms with Crippen molar-refractivity contribution in [1.29, 1.82) is 0 Å². The van der Waals surface area contributed by atoms with Gasteiger partial charge in [0.25, 0.3) is 5.91 Å². The highest BCUT2D eigenvalue weighted by atomic mass is 79.9. The zero-order chi connectivity index (χ0) is 20.3. The van der Waals surface area contributed by atoms with E-state index in [9.17, 15) is 9.59 Å². The molecule has 0 saturated carbocycles. The predicted octanol–water partition coefficient (Wildman–Crippen LogP) is 5.72. The fourth-order valence-electron chi connectivity index (χ4n) is 3.56. The summed E-state index contributed by atoms with van der Waals surface area (Å²) in [5.41, 5.74) is 1.97. The Hall–Kier alpha value is -2.48. The van der Waals surface area contributed by atoms with Gasteiger partial charge in [0.1, 0.15) is 5.58 Å². The van der Waals surface area contributed by atoms with E-state index in [0.29, 0.717) is 26.7 Å². The molecule has 0 aliphatic carbocycles. The van der Waals surface area contributed by atoms with E-state index >= 15 is 0 Å². The molecule has 0 unspecified atom stereocenters. The van der Waals surface area contributed by atoms with Gasteiger partial charge in [-0.25, -0.2) is 4.98 Å². The fourth-order valence-corrected chi connectivity index (χ4v) is 4.82. The summed E-state index contributed by atoms with van der Waals surface area (Å²) in [7, 11) is 0. The highest BCUT2D eigenvalue weighted by Gasteiger charge is 2.44. The van der Waals surface area contributed by atoms with E-state index < -0.39 is 6.04 Å². The van der Waals surface area contributed by atoms with Gasteiger partial charge in [-0.15, -0.1) is 11.3 Å². The number of hydrogen-bond donors (Lipinski definition) is 0. The molecular formula is C21H12BrClN2O3S. The fraction of sp³-hybridized carbons (Fsp3) is 0.0952. The SMILES string of the molecule is Cc1csc(N2C(=O)c3oc4ccc(Cl)cc4c(=O)c3[C@@H]2c2ccc(Br)cc2)n1. The Morgan fingerprint density at radius 2 is 1.93 bits per heavy atom. The summed E-state index contributed by atoms with van der Waals surface area (Å²) in [4.78, 5) is 32.8. The summed E-state index contributed by atoms with van der Waals surface area (Å²) in [5, 5.41) is 3.17. The molecule has 0 spiro atoms. The minimum absolute atomic E-state index is 0.0468. The summed E-state index contributed by atoms with van der Waals surface area (Å²) in [5.74, 6) is -0.332. The number of aromatic nitrogens is 1. The summed E-state index contributed by atoms with van der Waals surface area (Å²) in [6, 6.07) is 11.7. The summed E-state index contributed by atoms with van der Waals surface area (Å²) >= 11 is 10.9. The van der Waals surface area contributed by atoms with Crippen LogP contribution in [-0.2, 0) is 0 Å². The lowest BCUT2D eigenvalue weighted by Gasteiger charge is -2.22. The van der Waals surface area contributed by atoms with Crippen LogP contribution in [0.25, 0.3) is 11.0 Å². The smallest absolute Gasteiger partial charge is 0.297 e. The number of benzene rings is 2. The van der Waals surface area contributed by atoms with E-state index in [2.05, 4.69) is 20.9 Å². The Bertz CT molecular complexity index is 1350. The number of aryl methyl sites for hydroxylation is 1. The molecular weight excluding hydrogens is 476 g/mol. The first-order valence-electron chi connectivity index (χ1n) is 8.71. The third-order valence-electron chi connectivity index (χ3n) is 4.83. The molecule has 1 amide bonds. The first kappa shape index (κ1) is 18.5. The van der Waals surface area contributed by atoms with Crippen LogP contribution < -0.4 is 10.3 Å². The molecule has 1 aliphatic rings. The van der Waals surface area contributed by atoms with Gasteiger partial charge >= 0.3 is 0 Å². The second kappa shape index (κ2) is 6.79. The molecule has 144 valence electrons. The van der Waals surface area contributed by atoms with Crippen molar-refractivity contribution < 1.29 is 9.21 Å². The van der Waals surface area contributed by atoms with Crippen LogP contribution in [0.15, 0.2) is 61.5 Å². The van der Waals surface area contributed by atoms with Crippen LogP contribution in [-0.4, -0.2) is 10.9 Å². The standard InChI is InChI=1S/C21H12BrClN2O3S/c1-10-9-29-21(24-10)25-17(11-2-4-12(22)5-3-11)16-18(26)14-8-13(23)6-7-15(14)28-19(16)20(25)27/h2-9,17H,1H3/t17-/m0/s1. The molecule has 4 aromatic rings. The summed E-state index contributed by atoms with van der Waals surface area (Å²) in [6.45, 7) is 1.86. The minimum atomic E-state index is -0.629. The molecule has 2 aromatic heterocycles. The molecule has 1 aliphatic heterocycles. The van der Waals surface area contributed by atoms with Crippen molar-refractivity contribution >= 4 is 60.9 Å². The highest BCUT2D eigenvalue weighted by Crippen LogP contribution is 2.42. The quantitative estimate of drug-likeness (QED) is 0.362. The lowest BCUT2D eigenvalue weighted by Crippen LogP contribution is -2.29. The molecule has 0 N–H and O–H groups in total. The van der Waals surface area contributed by atoms with Crippen LogP contribution in [0, 0.1) is 6.92 Å². The van der Waals surface area contributed by atoms with E-state index in [1.807, 2.05) is 36.6 Å². The zero-order valence-corrected chi connectivity index (χ0v) is 18.1. The van der Waals surface area contributed by atoms with Gasteiger partial charge in [-0.2, -0.15) is 0 Å². The Labute approximate surface area is 182 Å². The van der Waals surface area contributed by atoms with Crippen molar-refractivity contribution in [3.05, 3.63) is 90.1 Å². The Kier molecular flexibility index (Phi) is 4.34. The minimum Gasteiger partial charge on any atom is -0.450 e. The molecule has 3 heterocycles. The number of thiazole rings is 1. The molecule has 5 rings (SSSR count). The van der Waals surface area contributed by atoms with E-state index in [-0.39, 0.29) is 17.1 Å². The van der Waals surface area contributed by atoms with Gasteiger partial charge < -0.3 is 4.42 Å². The van der Waals surface area contributed by atoms with Crippen LogP contribution in [0.4, 0.5) is 5.13 Å². The second-order valence-electron chi connectivity index (χ2n) is 6.72. The van der Waals surface area contributed by atoms with Crippen molar-refractivity contribution in [3.8, 4) is 0 Å². The Balaban J connectivity index is 1.83. The third-order valence-corrected chi connectivity index (χ3v) is 6.55. The van der Waals surface area contributed by atoms with Gasteiger partial charge in [0.05, 0.1) is 22.7 Å². The monoisotopic (exact) mass is 486 g/mol. The molecule has 2 aromatic carbocycles. The number of rotatable bonds is 2. The predicted molar refractivity (Wildman–Crippen MR) is 117 cm³/mol. The van der Waals surface area contributed by atoms with E-state index in [1.165, 1.54) is 16.2 Å². The number of hydrogen-bond acceptors (Lipinski definition) is 5. The largest absolute Gasteiger partial charge is 0.450 e. The maximum atomic E-state index is 13.4. The van der Waals surface area contributed by atoms with Gasteiger partial charge in [-0.05, 0) is 42.8 Å².